The van der Waals surface area contributed by atoms with Crippen LogP contribution in [0.5, 0.6) is 0 Å². The first-order valence-electron chi connectivity index (χ1n) is 9.45. The van der Waals surface area contributed by atoms with E-state index in [2.05, 4.69) is 10.1 Å². The Morgan fingerprint density at radius 2 is 1.90 bits per heavy atom. The average molecular weight is 411 g/mol. The van der Waals surface area contributed by atoms with Gasteiger partial charge in [0.15, 0.2) is 0 Å². The standard InChI is InChI=1S/C21H21N3O4S/c1-3-28-21(25)16-8-11-19(22-12-16)18-13-24(23-20(18)15-6-7-15)29(26,27)17-9-4-14(2)5-10-17/h4-5,8-13,15H,3,6-7H2,1-2H3. The molecule has 0 amide bonds. The Bertz CT molecular complexity index is 1150. The fourth-order valence-electron chi connectivity index (χ4n) is 3.05. The van der Waals surface area contributed by atoms with Crippen LogP contribution in [0.3, 0.4) is 0 Å². The molecule has 0 unspecified atom stereocenters. The summed E-state index contributed by atoms with van der Waals surface area (Å²) in [4.78, 5) is 16.4. The van der Waals surface area contributed by atoms with Gasteiger partial charge in [-0.2, -0.15) is 17.6 Å². The van der Waals surface area contributed by atoms with Crippen molar-refractivity contribution in [2.45, 2.75) is 37.5 Å². The molecule has 0 atom stereocenters. The van der Waals surface area contributed by atoms with Crippen LogP contribution in [0.15, 0.2) is 53.7 Å². The van der Waals surface area contributed by atoms with E-state index in [4.69, 9.17) is 4.74 Å². The summed E-state index contributed by atoms with van der Waals surface area (Å²) in [5.41, 5.74) is 3.29. The molecule has 0 spiro atoms. The Morgan fingerprint density at radius 3 is 2.48 bits per heavy atom. The molecule has 0 aliphatic heterocycles. The maximum Gasteiger partial charge on any atom is 0.339 e. The van der Waals surface area contributed by atoms with Crippen molar-refractivity contribution in [3.8, 4) is 11.3 Å². The van der Waals surface area contributed by atoms with Crippen molar-refractivity contribution in [2.24, 2.45) is 0 Å². The van der Waals surface area contributed by atoms with Crippen molar-refractivity contribution in [2.75, 3.05) is 6.61 Å². The molecule has 1 aliphatic rings. The number of carbonyl (C=O) groups excluding carboxylic acids is 1. The average Bonchev–Trinajstić information content (AvgIpc) is 3.46. The molecule has 4 rings (SSSR count). The van der Waals surface area contributed by atoms with Gasteiger partial charge in [0.2, 0.25) is 0 Å². The van der Waals surface area contributed by atoms with E-state index in [1.165, 1.54) is 12.4 Å². The number of esters is 1. The zero-order valence-corrected chi connectivity index (χ0v) is 17.0. The summed E-state index contributed by atoms with van der Waals surface area (Å²) >= 11 is 0. The number of carbonyl (C=O) groups is 1. The first-order valence-corrected chi connectivity index (χ1v) is 10.9. The van der Waals surface area contributed by atoms with E-state index in [0.29, 0.717) is 16.8 Å². The van der Waals surface area contributed by atoms with E-state index in [-0.39, 0.29) is 17.4 Å². The summed E-state index contributed by atoms with van der Waals surface area (Å²) in [7, 11) is -3.80. The molecule has 1 saturated carbocycles. The van der Waals surface area contributed by atoms with Gasteiger partial charge in [-0.15, -0.1) is 0 Å². The van der Waals surface area contributed by atoms with E-state index >= 15 is 0 Å². The molecule has 7 nitrogen and oxygen atoms in total. The lowest BCUT2D eigenvalue weighted by Gasteiger charge is -2.04. The number of rotatable bonds is 6. The van der Waals surface area contributed by atoms with Crippen LogP contribution < -0.4 is 0 Å². The third-order valence-electron chi connectivity index (χ3n) is 4.80. The van der Waals surface area contributed by atoms with Crippen molar-refractivity contribution >= 4 is 16.0 Å². The zero-order chi connectivity index (χ0) is 20.6. The highest BCUT2D eigenvalue weighted by atomic mass is 32.2. The summed E-state index contributed by atoms with van der Waals surface area (Å²) in [6.45, 7) is 3.93. The molecule has 2 heterocycles. The molecule has 0 bridgehead atoms. The maximum absolute atomic E-state index is 13.0. The Morgan fingerprint density at radius 1 is 1.17 bits per heavy atom. The maximum atomic E-state index is 13.0. The van der Waals surface area contributed by atoms with Crippen LogP contribution in [-0.2, 0) is 14.8 Å². The van der Waals surface area contributed by atoms with Gasteiger partial charge in [0.05, 0.1) is 34.7 Å². The minimum absolute atomic E-state index is 0.185. The third kappa shape index (κ3) is 3.80. The van der Waals surface area contributed by atoms with E-state index in [0.717, 1.165) is 28.2 Å². The number of benzene rings is 1. The highest BCUT2D eigenvalue weighted by Gasteiger charge is 2.32. The van der Waals surface area contributed by atoms with Gasteiger partial charge >= 0.3 is 5.97 Å². The van der Waals surface area contributed by atoms with Gasteiger partial charge in [-0.1, -0.05) is 17.7 Å². The lowest BCUT2D eigenvalue weighted by Crippen LogP contribution is -2.13. The van der Waals surface area contributed by atoms with Crippen LogP contribution in [0, 0.1) is 6.92 Å². The summed E-state index contributed by atoms with van der Waals surface area (Å²) < 4.78 is 32.0. The fourth-order valence-corrected chi connectivity index (χ4v) is 4.19. The number of hydrogen-bond donors (Lipinski definition) is 0. The van der Waals surface area contributed by atoms with Crippen molar-refractivity contribution < 1.29 is 17.9 Å². The quantitative estimate of drug-likeness (QED) is 0.576. The monoisotopic (exact) mass is 411 g/mol. The number of ether oxygens (including phenoxy) is 1. The molecular formula is C21H21N3O4S. The Balaban J connectivity index is 1.72. The largest absolute Gasteiger partial charge is 0.462 e. The van der Waals surface area contributed by atoms with E-state index < -0.39 is 16.0 Å². The van der Waals surface area contributed by atoms with Crippen molar-refractivity contribution in [1.82, 2.24) is 14.2 Å². The number of aromatic nitrogens is 3. The third-order valence-corrected chi connectivity index (χ3v) is 6.35. The van der Waals surface area contributed by atoms with Gasteiger partial charge < -0.3 is 4.74 Å². The number of aryl methyl sites for hydroxylation is 1. The first kappa shape index (κ1) is 19.3. The summed E-state index contributed by atoms with van der Waals surface area (Å²) in [5, 5.41) is 4.40. The van der Waals surface area contributed by atoms with Crippen LogP contribution in [-0.4, -0.2) is 35.2 Å². The van der Waals surface area contributed by atoms with Crippen LogP contribution in [0.4, 0.5) is 0 Å². The molecule has 1 aromatic carbocycles. The van der Waals surface area contributed by atoms with Gasteiger partial charge in [0.25, 0.3) is 10.0 Å². The smallest absolute Gasteiger partial charge is 0.339 e. The van der Waals surface area contributed by atoms with Gasteiger partial charge in [-0.25, -0.2) is 4.79 Å². The molecule has 1 aliphatic carbocycles. The lowest BCUT2D eigenvalue weighted by molar-refractivity contribution is 0.0526. The SMILES string of the molecule is CCOC(=O)c1ccc(-c2cn(S(=O)(=O)c3ccc(C)cc3)nc2C2CC2)nc1. The number of hydrogen-bond acceptors (Lipinski definition) is 6. The van der Waals surface area contributed by atoms with Crippen LogP contribution in [0.1, 0.15) is 47.3 Å². The van der Waals surface area contributed by atoms with Crippen LogP contribution in [0.25, 0.3) is 11.3 Å². The molecule has 8 heteroatoms. The molecule has 0 saturated heterocycles. The number of nitrogens with zero attached hydrogens (tertiary/aromatic N) is 3. The molecule has 3 aromatic rings. The van der Waals surface area contributed by atoms with Gasteiger partial charge in [-0.05, 0) is 51.0 Å². The van der Waals surface area contributed by atoms with Gasteiger partial charge in [0, 0.05) is 17.7 Å². The van der Waals surface area contributed by atoms with Crippen molar-refractivity contribution in [3.05, 3.63) is 65.6 Å². The molecule has 1 fully saturated rings. The second-order valence-electron chi connectivity index (χ2n) is 7.05. The first-order chi connectivity index (χ1) is 13.9. The van der Waals surface area contributed by atoms with Crippen molar-refractivity contribution in [3.63, 3.8) is 0 Å². The molecular weight excluding hydrogens is 390 g/mol. The summed E-state index contributed by atoms with van der Waals surface area (Å²) in [5.74, 6) is -0.211. The highest BCUT2D eigenvalue weighted by molar-refractivity contribution is 7.89. The molecule has 2 aromatic heterocycles. The van der Waals surface area contributed by atoms with Crippen LogP contribution >= 0.6 is 0 Å². The van der Waals surface area contributed by atoms with E-state index in [9.17, 15) is 13.2 Å². The Hall–Kier alpha value is -3.00. The van der Waals surface area contributed by atoms with Gasteiger partial charge in [-0.3, -0.25) is 4.98 Å². The van der Waals surface area contributed by atoms with E-state index in [1.807, 2.05) is 6.92 Å². The minimum Gasteiger partial charge on any atom is -0.462 e. The molecule has 29 heavy (non-hydrogen) atoms. The van der Waals surface area contributed by atoms with Crippen LogP contribution in [0.2, 0.25) is 0 Å². The normalized spacial score (nSPS) is 14.0. The minimum atomic E-state index is -3.80. The second-order valence-corrected chi connectivity index (χ2v) is 8.84. The second kappa shape index (κ2) is 7.44. The van der Waals surface area contributed by atoms with Crippen molar-refractivity contribution in [1.29, 1.82) is 0 Å². The molecule has 0 radical (unpaired) electrons. The highest BCUT2D eigenvalue weighted by Crippen LogP contribution is 2.43. The zero-order valence-electron chi connectivity index (χ0n) is 16.2. The molecule has 150 valence electrons. The summed E-state index contributed by atoms with van der Waals surface area (Å²) in [6, 6.07) is 9.99. The topological polar surface area (TPSA) is 91.2 Å². The summed E-state index contributed by atoms with van der Waals surface area (Å²) in [6.07, 6.45) is 4.88. The predicted molar refractivity (Wildman–Crippen MR) is 107 cm³/mol. The molecule has 0 N–H and O–H groups in total. The number of pyridine rings is 1. The fraction of sp³-hybridized carbons (Fsp3) is 0.286. The Kier molecular flexibility index (Phi) is 4.96. The van der Waals surface area contributed by atoms with Gasteiger partial charge in [0.1, 0.15) is 0 Å². The van der Waals surface area contributed by atoms with E-state index in [1.54, 1.807) is 43.3 Å². The Labute approximate surface area is 169 Å². The lowest BCUT2D eigenvalue weighted by atomic mass is 10.1. The predicted octanol–water partition coefficient (Wildman–Crippen LogP) is 3.54.